The number of allylic oxidation sites excluding steroid dienone is 2. The van der Waals surface area contributed by atoms with Crippen LogP contribution in [0, 0.1) is 16.7 Å². The molecule has 0 aromatic heterocycles. The molecule has 0 heterocycles. The Morgan fingerprint density at radius 3 is 2.54 bits per heavy atom. The second-order valence-corrected chi connectivity index (χ2v) is 3.23. The third-order valence-corrected chi connectivity index (χ3v) is 2.06. The molecule has 0 radical (unpaired) electrons. The fourth-order valence-corrected chi connectivity index (χ4v) is 1.15. The van der Waals surface area contributed by atoms with Gasteiger partial charge in [0.15, 0.2) is 0 Å². The summed E-state index contributed by atoms with van der Waals surface area (Å²) in [6, 6.07) is 0. The molecule has 0 spiro atoms. The maximum absolute atomic E-state index is 7.31. The Kier molecular flexibility index (Phi) is 5.77. The van der Waals surface area contributed by atoms with E-state index in [1.54, 1.807) is 13.0 Å². The lowest BCUT2D eigenvalue weighted by Gasteiger charge is -2.14. The Hall–Kier alpha value is -1.18. The van der Waals surface area contributed by atoms with E-state index in [0.29, 0.717) is 12.1 Å². The molecule has 2 heteroatoms. The van der Waals surface area contributed by atoms with E-state index in [2.05, 4.69) is 13.2 Å². The first kappa shape index (κ1) is 11.8. The van der Waals surface area contributed by atoms with Gasteiger partial charge in [0.2, 0.25) is 0 Å². The summed E-state index contributed by atoms with van der Waals surface area (Å²) in [6.45, 7) is 9.34. The minimum Gasteiger partial charge on any atom is -0.313 e. The second-order valence-electron chi connectivity index (χ2n) is 3.23. The monoisotopic (exact) mass is 178 g/mol. The molecule has 0 fully saturated rings. The summed E-state index contributed by atoms with van der Waals surface area (Å²) in [5.74, 6) is 0.287. The van der Waals surface area contributed by atoms with Gasteiger partial charge in [0.05, 0.1) is 0 Å². The average molecular weight is 178 g/mol. The molecule has 0 aromatic carbocycles. The molecule has 0 saturated carbocycles. The highest BCUT2D eigenvalue weighted by molar-refractivity contribution is 5.78. The number of hydrogen-bond donors (Lipinski definition) is 2. The zero-order valence-corrected chi connectivity index (χ0v) is 8.27. The highest BCUT2D eigenvalue weighted by Gasteiger charge is 2.08. The van der Waals surface area contributed by atoms with Crippen molar-refractivity contribution in [3.8, 4) is 0 Å². The molecule has 0 aromatic rings. The molecule has 0 aliphatic rings. The van der Waals surface area contributed by atoms with Crippen molar-refractivity contribution in [1.82, 2.24) is 0 Å². The predicted octanol–water partition coefficient (Wildman–Crippen LogP) is 3.20. The summed E-state index contributed by atoms with van der Waals surface area (Å²) >= 11 is 0. The summed E-state index contributed by atoms with van der Waals surface area (Å²) in [4.78, 5) is 0. The van der Waals surface area contributed by atoms with E-state index < -0.39 is 0 Å². The molecule has 13 heavy (non-hydrogen) atoms. The molecule has 2 N–H and O–H groups in total. The fourth-order valence-electron chi connectivity index (χ4n) is 1.15. The van der Waals surface area contributed by atoms with Gasteiger partial charge in [0.25, 0.3) is 0 Å². The summed E-state index contributed by atoms with van der Waals surface area (Å²) in [5, 5.41) is 14.3. The third-order valence-electron chi connectivity index (χ3n) is 2.06. The quantitative estimate of drug-likeness (QED) is 0.444. The molecule has 72 valence electrons. The van der Waals surface area contributed by atoms with E-state index in [0.717, 1.165) is 18.4 Å². The highest BCUT2D eigenvalue weighted by atomic mass is 14.4. The van der Waals surface area contributed by atoms with Gasteiger partial charge in [-0.25, -0.2) is 0 Å². The Bertz CT molecular complexity index is 216. The number of hydrogen-bond acceptors (Lipinski definition) is 2. The minimum atomic E-state index is 0.287. The van der Waals surface area contributed by atoms with E-state index in [-0.39, 0.29) is 5.92 Å². The first-order valence-electron chi connectivity index (χ1n) is 4.46. The lowest BCUT2D eigenvalue weighted by atomic mass is 9.91. The zero-order valence-electron chi connectivity index (χ0n) is 8.27. The van der Waals surface area contributed by atoms with Gasteiger partial charge < -0.3 is 10.8 Å². The Labute approximate surface area is 80.4 Å². The Morgan fingerprint density at radius 1 is 1.54 bits per heavy atom. The van der Waals surface area contributed by atoms with Crippen molar-refractivity contribution in [1.29, 1.82) is 10.8 Å². The number of rotatable bonds is 7. The van der Waals surface area contributed by atoms with Gasteiger partial charge in [0.1, 0.15) is 0 Å². The summed E-state index contributed by atoms with van der Waals surface area (Å²) in [7, 11) is 0. The largest absolute Gasteiger partial charge is 0.313 e. The van der Waals surface area contributed by atoms with Crippen molar-refractivity contribution < 1.29 is 0 Å². The van der Waals surface area contributed by atoms with Gasteiger partial charge in [-0.2, -0.15) is 0 Å². The van der Waals surface area contributed by atoms with E-state index in [1.165, 1.54) is 6.21 Å². The predicted molar refractivity (Wildman–Crippen MR) is 58.9 cm³/mol. The molecule has 2 nitrogen and oxygen atoms in total. The molecular weight excluding hydrogens is 160 g/mol. The summed E-state index contributed by atoms with van der Waals surface area (Å²) < 4.78 is 0. The van der Waals surface area contributed by atoms with Crippen LogP contribution in [0.25, 0.3) is 0 Å². The zero-order chi connectivity index (χ0) is 10.3. The van der Waals surface area contributed by atoms with E-state index in [9.17, 15) is 0 Å². The van der Waals surface area contributed by atoms with Crippen LogP contribution in [-0.4, -0.2) is 11.9 Å². The van der Waals surface area contributed by atoms with Crippen LogP contribution >= 0.6 is 0 Å². The first-order chi connectivity index (χ1) is 6.11. The maximum Gasteiger partial charge on any atom is 0.00584 e. The van der Waals surface area contributed by atoms with E-state index >= 15 is 0 Å². The molecule has 0 saturated heterocycles. The van der Waals surface area contributed by atoms with Crippen molar-refractivity contribution in [2.75, 3.05) is 0 Å². The van der Waals surface area contributed by atoms with Crippen LogP contribution in [0.4, 0.5) is 0 Å². The molecule has 0 aliphatic heterocycles. The van der Waals surface area contributed by atoms with Gasteiger partial charge in [-0.15, -0.1) is 0 Å². The van der Waals surface area contributed by atoms with Crippen LogP contribution in [-0.2, 0) is 0 Å². The van der Waals surface area contributed by atoms with Crippen LogP contribution in [0.2, 0.25) is 0 Å². The van der Waals surface area contributed by atoms with Crippen molar-refractivity contribution in [3.05, 3.63) is 24.8 Å². The minimum absolute atomic E-state index is 0.287. The third kappa shape index (κ3) is 5.12. The van der Waals surface area contributed by atoms with Crippen LogP contribution in [0.5, 0.6) is 0 Å². The van der Waals surface area contributed by atoms with E-state index in [1.807, 2.05) is 0 Å². The molecule has 0 rings (SSSR count). The Balaban J connectivity index is 4.08. The summed E-state index contributed by atoms with van der Waals surface area (Å²) in [5.41, 5.74) is 1.66. The molecular formula is C11H18N2. The topological polar surface area (TPSA) is 47.7 Å². The van der Waals surface area contributed by atoms with Crippen molar-refractivity contribution >= 4 is 11.9 Å². The van der Waals surface area contributed by atoms with Gasteiger partial charge in [-0.1, -0.05) is 24.8 Å². The van der Waals surface area contributed by atoms with Crippen LogP contribution in [0.3, 0.4) is 0 Å². The first-order valence-corrected chi connectivity index (χ1v) is 4.46. The van der Waals surface area contributed by atoms with Gasteiger partial charge in [-0.05, 0) is 38.3 Å². The standard InChI is InChI=1S/C11H18N2/c1-4-9(2)11(7-8-12)6-5-10(3)13/h4,8,11-13H,1-2,5-7H2,3H3. The SMILES string of the molecule is C=CC(=C)C(CC=N)CCC(C)=N. The molecule has 1 atom stereocenters. The van der Waals surface area contributed by atoms with Crippen LogP contribution in [0.1, 0.15) is 26.2 Å². The second kappa shape index (κ2) is 6.35. The fraction of sp³-hybridized carbons (Fsp3) is 0.455. The summed E-state index contributed by atoms with van der Waals surface area (Å²) in [6.07, 6.45) is 5.53. The van der Waals surface area contributed by atoms with Gasteiger partial charge >= 0.3 is 0 Å². The van der Waals surface area contributed by atoms with E-state index in [4.69, 9.17) is 10.8 Å². The molecule has 0 bridgehead atoms. The maximum atomic E-state index is 7.31. The van der Waals surface area contributed by atoms with Crippen molar-refractivity contribution in [2.24, 2.45) is 5.92 Å². The smallest absolute Gasteiger partial charge is 0.00584 e. The normalized spacial score (nSPS) is 11.8. The highest BCUT2D eigenvalue weighted by Crippen LogP contribution is 2.19. The lowest BCUT2D eigenvalue weighted by molar-refractivity contribution is 0.612. The molecule has 0 aliphatic carbocycles. The van der Waals surface area contributed by atoms with Crippen LogP contribution < -0.4 is 0 Å². The Morgan fingerprint density at radius 2 is 2.15 bits per heavy atom. The average Bonchev–Trinajstić information content (AvgIpc) is 2.10. The van der Waals surface area contributed by atoms with Gasteiger partial charge in [-0.3, -0.25) is 0 Å². The van der Waals surface area contributed by atoms with Crippen molar-refractivity contribution in [2.45, 2.75) is 26.2 Å². The number of nitrogens with one attached hydrogen (secondary N) is 2. The van der Waals surface area contributed by atoms with Crippen LogP contribution in [0.15, 0.2) is 24.8 Å². The van der Waals surface area contributed by atoms with Crippen molar-refractivity contribution in [3.63, 3.8) is 0 Å². The van der Waals surface area contributed by atoms with Gasteiger partial charge in [0, 0.05) is 5.71 Å². The molecule has 1 unspecified atom stereocenters. The molecule has 0 amide bonds. The lowest BCUT2D eigenvalue weighted by Crippen LogP contribution is -2.05.